The summed E-state index contributed by atoms with van der Waals surface area (Å²) in [7, 11) is 0. The highest BCUT2D eigenvalue weighted by molar-refractivity contribution is 7.11. The van der Waals surface area contributed by atoms with Crippen molar-refractivity contribution in [1.82, 2.24) is 0 Å². The second-order valence-electron chi connectivity index (χ2n) is 3.66. The monoisotopic (exact) mass is 220 g/mol. The molecule has 1 aliphatic rings. The van der Waals surface area contributed by atoms with Crippen molar-refractivity contribution in [3.8, 4) is 0 Å². The number of hydrogen-bond acceptors (Lipinski definition) is 2. The maximum atomic E-state index is 5.80. The summed E-state index contributed by atoms with van der Waals surface area (Å²) in [6.07, 6.45) is 5.08. The molecule has 80 valence electrons. The minimum Gasteiger partial charge on any atom is -0.497 e. The van der Waals surface area contributed by atoms with Crippen LogP contribution in [0.25, 0.3) is 5.57 Å². The lowest BCUT2D eigenvalue weighted by Crippen LogP contribution is -1.95. The molecule has 0 N–H and O–H groups in total. The average molecular weight is 220 g/mol. The van der Waals surface area contributed by atoms with Crippen LogP contribution in [-0.4, -0.2) is 6.61 Å². The van der Waals surface area contributed by atoms with Crippen LogP contribution in [0.4, 0.5) is 0 Å². The van der Waals surface area contributed by atoms with Crippen LogP contribution in [0, 0.1) is 0 Å². The summed E-state index contributed by atoms with van der Waals surface area (Å²) in [5, 5.41) is 2.16. The van der Waals surface area contributed by atoms with E-state index in [0.717, 1.165) is 31.6 Å². The fourth-order valence-electron chi connectivity index (χ4n) is 1.90. The van der Waals surface area contributed by atoms with E-state index in [4.69, 9.17) is 4.74 Å². The SMILES string of the molecule is C=CC1=C(CCC)OCCc2ccsc21. The van der Waals surface area contributed by atoms with Gasteiger partial charge in [-0.3, -0.25) is 0 Å². The van der Waals surface area contributed by atoms with Crippen molar-refractivity contribution in [2.75, 3.05) is 6.61 Å². The maximum absolute atomic E-state index is 5.80. The molecule has 2 heteroatoms. The van der Waals surface area contributed by atoms with Crippen LogP contribution in [0.1, 0.15) is 30.2 Å². The number of rotatable bonds is 3. The number of thiophene rings is 1. The van der Waals surface area contributed by atoms with E-state index in [-0.39, 0.29) is 0 Å². The molecule has 0 radical (unpaired) electrons. The predicted molar refractivity (Wildman–Crippen MR) is 66.0 cm³/mol. The molecule has 1 nitrogen and oxygen atoms in total. The van der Waals surface area contributed by atoms with E-state index in [1.807, 2.05) is 6.08 Å². The Morgan fingerprint density at radius 1 is 1.60 bits per heavy atom. The first-order valence-corrected chi connectivity index (χ1v) is 6.30. The van der Waals surface area contributed by atoms with Gasteiger partial charge < -0.3 is 4.74 Å². The summed E-state index contributed by atoms with van der Waals surface area (Å²) in [5.74, 6) is 1.12. The number of hydrogen-bond donors (Lipinski definition) is 0. The first-order valence-electron chi connectivity index (χ1n) is 5.42. The molecule has 0 unspecified atom stereocenters. The predicted octanol–water partition coefficient (Wildman–Crippen LogP) is 4.02. The van der Waals surface area contributed by atoms with Gasteiger partial charge >= 0.3 is 0 Å². The fraction of sp³-hybridized carbons (Fsp3) is 0.385. The Kier molecular flexibility index (Phi) is 3.27. The number of ether oxygens (including phenoxy) is 1. The van der Waals surface area contributed by atoms with Crippen molar-refractivity contribution < 1.29 is 4.74 Å². The molecule has 0 saturated heterocycles. The minimum atomic E-state index is 0.802. The van der Waals surface area contributed by atoms with E-state index in [2.05, 4.69) is 24.9 Å². The third kappa shape index (κ3) is 2.00. The van der Waals surface area contributed by atoms with E-state index in [0.29, 0.717) is 0 Å². The normalized spacial score (nSPS) is 15.5. The molecule has 0 aromatic carbocycles. The Balaban J connectivity index is 2.46. The fourth-order valence-corrected chi connectivity index (χ4v) is 2.91. The van der Waals surface area contributed by atoms with Gasteiger partial charge in [-0.2, -0.15) is 0 Å². The molecule has 2 heterocycles. The van der Waals surface area contributed by atoms with Crippen molar-refractivity contribution in [1.29, 1.82) is 0 Å². The van der Waals surface area contributed by atoms with Gasteiger partial charge in [0.05, 0.1) is 6.61 Å². The summed E-state index contributed by atoms with van der Waals surface area (Å²) in [5.41, 5.74) is 2.61. The zero-order valence-corrected chi connectivity index (χ0v) is 9.90. The quantitative estimate of drug-likeness (QED) is 0.747. The molecule has 1 aliphatic heterocycles. The third-order valence-corrected chi connectivity index (χ3v) is 3.61. The maximum Gasteiger partial charge on any atom is 0.105 e. The molecule has 15 heavy (non-hydrogen) atoms. The molecule has 0 bridgehead atoms. The van der Waals surface area contributed by atoms with Crippen LogP contribution in [0.2, 0.25) is 0 Å². The van der Waals surface area contributed by atoms with Crippen LogP contribution in [0.3, 0.4) is 0 Å². The lowest BCUT2D eigenvalue weighted by Gasteiger charge is -2.09. The topological polar surface area (TPSA) is 9.23 Å². The first kappa shape index (κ1) is 10.5. The van der Waals surface area contributed by atoms with Crippen molar-refractivity contribution in [3.05, 3.63) is 40.3 Å². The van der Waals surface area contributed by atoms with Crippen molar-refractivity contribution in [3.63, 3.8) is 0 Å². The summed E-state index contributed by atoms with van der Waals surface area (Å²) in [4.78, 5) is 1.35. The van der Waals surface area contributed by atoms with Crippen molar-refractivity contribution in [2.45, 2.75) is 26.2 Å². The highest BCUT2D eigenvalue weighted by Gasteiger charge is 2.16. The lowest BCUT2D eigenvalue weighted by atomic mass is 10.1. The average Bonchev–Trinajstić information content (AvgIpc) is 2.62. The van der Waals surface area contributed by atoms with Gasteiger partial charge in [0.1, 0.15) is 5.76 Å². The molecule has 0 fully saturated rings. The number of fused-ring (bicyclic) bond motifs is 1. The zero-order valence-electron chi connectivity index (χ0n) is 9.08. The van der Waals surface area contributed by atoms with Crippen LogP contribution >= 0.6 is 11.3 Å². The van der Waals surface area contributed by atoms with Crippen molar-refractivity contribution in [2.24, 2.45) is 0 Å². The third-order valence-electron chi connectivity index (χ3n) is 2.62. The van der Waals surface area contributed by atoms with Gasteiger partial charge in [-0.05, 0) is 23.4 Å². The second kappa shape index (κ2) is 4.67. The van der Waals surface area contributed by atoms with Crippen LogP contribution in [-0.2, 0) is 11.2 Å². The van der Waals surface area contributed by atoms with Crippen LogP contribution < -0.4 is 0 Å². The van der Waals surface area contributed by atoms with Gasteiger partial charge in [-0.15, -0.1) is 11.3 Å². The first-order chi connectivity index (χ1) is 7.36. The van der Waals surface area contributed by atoms with Gasteiger partial charge in [-0.25, -0.2) is 0 Å². The second-order valence-corrected chi connectivity index (χ2v) is 4.58. The van der Waals surface area contributed by atoms with E-state index < -0.39 is 0 Å². The zero-order chi connectivity index (χ0) is 10.7. The summed E-state index contributed by atoms with van der Waals surface area (Å²) in [6, 6.07) is 2.20. The molecule has 0 spiro atoms. The molecular weight excluding hydrogens is 204 g/mol. The van der Waals surface area contributed by atoms with Crippen LogP contribution in [0.5, 0.6) is 0 Å². The van der Waals surface area contributed by atoms with Gasteiger partial charge in [0, 0.05) is 23.3 Å². The Morgan fingerprint density at radius 2 is 2.47 bits per heavy atom. The summed E-state index contributed by atoms with van der Waals surface area (Å²) >= 11 is 1.79. The molecule has 0 atom stereocenters. The summed E-state index contributed by atoms with van der Waals surface area (Å²) in [6.45, 7) is 6.89. The molecule has 1 aromatic rings. The van der Waals surface area contributed by atoms with E-state index >= 15 is 0 Å². The van der Waals surface area contributed by atoms with Gasteiger partial charge in [-0.1, -0.05) is 19.6 Å². The molecule has 0 aliphatic carbocycles. The van der Waals surface area contributed by atoms with Gasteiger partial charge in [0.15, 0.2) is 0 Å². The highest BCUT2D eigenvalue weighted by atomic mass is 32.1. The molecular formula is C13H16OS. The highest BCUT2D eigenvalue weighted by Crippen LogP contribution is 2.33. The van der Waals surface area contributed by atoms with Crippen LogP contribution in [0.15, 0.2) is 29.9 Å². The smallest absolute Gasteiger partial charge is 0.105 e. The Bertz CT molecular complexity index is 387. The Labute approximate surface area is 95.1 Å². The van der Waals surface area contributed by atoms with E-state index in [1.165, 1.54) is 16.0 Å². The standard InChI is InChI=1S/C13H16OS/c1-3-5-12-11(4-2)13-10(6-8-14-12)7-9-15-13/h4,7,9H,2-3,5-6,8H2,1H3. The van der Waals surface area contributed by atoms with Gasteiger partial charge in [0.25, 0.3) is 0 Å². The Morgan fingerprint density at radius 3 is 3.20 bits per heavy atom. The number of allylic oxidation sites excluding steroid dienone is 3. The summed E-state index contributed by atoms with van der Waals surface area (Å²) < 4.78 is 5.80. The van der Waals surface area contributed by atoms with Gasteiger partial charge in [0.2, 0.25) is 0 Å². The minimum absolute atomic E-state index is 0.802. The van der Waals surface area contributed by atoms with Crippen molar-refractivity contribution >= 4 is 16.9 Å². The Hall–Kier alpha value is -1.02. The largest absolute Gasteiger partial charge is 0.497 e. The van der Waals surface area contributed by atoms with E-state index in [9.17, 15) is 0 Å². The molecule has 0 saturated carbocycles. The molecule has 2 rings (SSSR count). The van der Waals surface area contributed by atoms with E-state index in [1.54, 1.807) is 11.3 Å². The lowest BCUT2D eigenvalue weighted by molar-refractivity contribution is 0.209. The molecule has 1 aromatic heterocycles. The molecule has 0 amide bonds.